The summed E-state index contributed by atoms with van der Waals surface area (Å²) in [5.41, 5.74) is 1.27. The topological polar surface area (TPSA) is 46.4 Å². The van der Waals surface area contributed by atoms with Crippen LogP contribution in [0.2, 0.25) is 0 Å². The molecule has 29 heavy (non-hydrogen) atoms. The zero-order chi connectivity index (χ0) is 20.6. The van der Waals surface area contributed by atoms with Gasteiger partial charge < -0.3 is 5.32 Å². The van der Waals surface area contributed by atoms with E-state index in [1.54, 1.807) is 28.1 Å². The second kappa shape index (κ2) is 7.32. The molecule has 2 aromatic carbocycles. The maximum absolute atomic E-state index is 13.1. The van der Waals surface area contributed by atoms with E-state index in [9.17, 15) is 22.4 Å². The van der Waals surface area contributed by atoms with E-state index in [-0.39, 0.29) is 17.9 Å². The van der Waals surface area contributed by atoms with E-state index in [2.05, 4.69) is 10.3 Å². The van der Waals surface area contributed by atoms with E-state index in [0.717, 1.165) is 17.7 Å². The fourth-order valence-electron chi connectivity index (χ4n) is 2.86. The minimum Gasteiger partial charge on any atom is -0.326 e. The van der Waals surface area contributed by atoms with Crippen LogP contribution in [-0.4, -0.2) is 15.3 Å². The van der Waals surface area contributed by atoms with Crippen molar-refractivity contribution in [1.29, 1.82) is 0 Å². The molecule has 2 heterocycles. The molecule has 0 saturated carbocycles. The first kappa shape index (κ1) is 19.1. The number of nitrogens with zero attached hydrogens (tertiary/aromatic N) is 2. The fraction of sp³-hybridized carbons (Fsp3) is 0.100. The molecule has 0 fully saturated rings. The van der Waals surface area contributed by atoms with Gasteiger partial charge in [-0.05, 0) is 42.5 Å². The Morgan fingerprint density at radius 1 is 1.14 bits per heavy atom. The van der Waals surface area contributed by atoms with Crippen LogP contribution >= 0.6 is 11.3 Å². The molecule has 4 aromatic rings. The van der Waals surface area contributed by atoms with Gasteiger partial charge in [-0.15, -0.1) is 11.3 Å². The Balaban J connectivity index is 1.52. The monoisotopic (exact) mass is 419 g/mol. The molecule has 0 aliphatic heterocycles. The van der Waals surface area contributed by atoms with Gasteiger partial charge in [0.2, 0.25) is 5.91 Å². The van der Waals surface area contributed by atoms with Crippen LogP contribution in [0, 0.1) is 5.82 Å². The summed E-state index contributed by atoms with van der Waals surface area (Å²) in [6, 6.07) is 10.4. The molecule has 2 aromatic heterocycles. The molecule has 4 rings (SSSR count). The third kappa shape index (κ3) is 4.14. The van der Waals surface area contributed by atoms with Gasteiger partial charge in [-0.2, -0.15) is 13.2 Å². The lowest BCUT2D eigenvalue weighted by Crippen LogP contribution is -2.16. The highest BCUT2D eigenvalue weighted by Crippen LogP contribution is 2.31. The number of hydrogen-bond donors (Lipinski definition) is 1. The third-order valence-electron chi connectivity index (χ3n) is 4.24. The first-order valence-electron chi connectivity index (χ1n) is 8.48. The Morgan fingerprint density at radius 3 is 2.62 bits per heavy atom. The minimum absolute atomic E-state index is 0.0323. The van der Waals surface area contributed by atoms with Crippen molar-refractivity contribution in [1.82, 2.24) is 9.38 Å². The van der Waals surface area contributed by atoms with Crippen LogP contribution in [0.5, 0.6) is 0 Å². The standard InChI is InChI=1S/C20H13F4N3OS/c21-14-6-4-12(5-7-14)17-10-27-16(11-29-19(27)26-17)9-18(28)25-15-3-1-2-13(8-15)20(22,23)24/h1-8,10-11H,9H2,(H,25,28). The third-order valence-corrected chi connectivity index (χ3v) is 5.13. The van der Waals surface area contributed by atoms with Gasteiger partial charge >= 0.3 is 6.18 Å². The van der Waals surface area contributed by atoms with Crippen molar-refractivity contribution in [2.75, 3.05) is 5.32 Å². The average Bonchev–Trinajstić information content (AvgIpc) is 3.24. The second-order valence-electron chi connectivity index (χ2n) is 6.32. The first-order chi connectivity index (χ1) is 13.8. The lowest BCUT2D eigenvalue weighted by Gasteiger charge is -2.09. The van der Waals surface area contributed by atoms with Crippen molar-refractivity contribution in [3.05, 3.63) is 77.2 Å². The number of aromatic nitrogens is 2. The van der Waals surface area contributed by atoms with Crippen molar-refractivity contribution in [3.63, 3.8) is 0 Å². The molecule has 0 spiro atoms. The number of alkyl halides is 3. The number of carbonyl (C=O) groups excluding carboxylic acids is 1. The summed E-state index contributed by atoms with van der Waals surface area (Å²) < 4.78 is 53.3. The lowest BCUT2D eigenvalue weighted by atomic mass is 10.2. The number of amides is 1. The van der Waals surface area contributed by atoms with Crippen LogP contribution in [0.3, 0.4) is 0 Å². The van der Waals surface area contributed by atoms with Crippen molar-refractivity contribution in [2.24, 2.45) is 0 Å². The number of rotatable bonds is 4. The fourth-order valence-corrected chi connectivity index (χ4v) is 3.73. The number of carbonyl (C=O) groups is 1. The number of nitrogens with one attached hydrogen (secondary N) is 1. The first-order valence-corrected chi connectivity index (χ1v) is 9.36. The Labute approximate surface area is 166 Å². The Bertz CT molecular complexity index is 1180. The lowest BCUT2D eigenvalue weighted by molar-refractivity contribution is -0.137. The quantitative estimate of drug-likeness (QED) is 0.450. The highest BCUT2D eigenvalue weighted by atomic mass is 32.1. The van der Waals surface area contributed by atoms with Gasteiger partial charge in [-0.1, -0.05) is 6.07 Å². The molecule has 0 bridgehead atoms. The zero-order valence-electron chi connectivity index (χ0n) is 14.7. The second-order valence-corrected chi connectivity index (χ2v) is 7.15. The molecule has 0 saturated heterocycles. The summed E-state index contributed by atoms with van der Waals surface area (Å²) in [4.78, 5) is 17.5. The van der Waals surface area contributed by atoms with Gasteiger partial charge in [0.25, 0.3) is 0 Å². The molecule has 9 heteroatoms. The zero-order valence-corrected chi connectivity index (χ0v) is 15.5. The van der Waals surface area contributed by atoms with Gasteiger partial charge in [-0.3, -0.25) is 9.20 Å². The van der Waals surface area contributed by atoms with Crippen molar-refractivity contribution >= 4 is 27.9 Å². The van der Waals surface area contributed by atoms with Gasteiger partial charge in [0.15, 0.2) is 4.96 Å². The maximum atomic E-state index is 13.1. The highest BCUT2D eigenvalue weighted by Gasteiger charge is 2.30. The van der Waals surface area contributed by atoms with Gasteiger partial charge in [-0.25, -0.2) is 9.37 Å². The number of fused-ring (bicyclic) bond motifs is 1. The van der Waals surface area contributed by atoms with Crippen LogP contribution < -0.4 is 5.32 Å². The van der Waals surface area contributed by atoms with E-state index in [0.29, 0.717) is 16.3 Å². The van der Waals surface area contributed by atoms with Crippen LogP contribution in [0.15, 0.2) is 60.1 Å². The minimum atomic E-state index is -4.48. The van der Waals surface area contributed by atoms with Crippen LogP contribution in [0.25, 0.3) is 16.2 Å². The van der Waals surface area contributed by atoms with Crippen molar-refractivity contribution in [2.45, 2.75) is 12.6 Å². The van der Waals surface area contributed by atoms with E-state index >= 15 is 0 Å². The van der Waals surface area contributed by atoms with E-state index in [4.69, 9.17) is 0 Å². The number of anilines is 1. The molecule has 1 amide bonds. The molecule has 1 N–H and O–H groups in total. The normalized spacial score (nSPS) is 11.7. The van der Waals surface area contributed by atoms with E-state index in [1.807, 2.05) is 0 Å². The average molecular weight is 419 g/mol. The van der Waals surface area contributed by atoms with E-state index < -0.39 is 17.6 Å². The number of halogens is 4. The molecule has 0 aliphatic carbocycles. The summed E-state index contributed by atoms with van der Waals surface area (Å²) in [5, 5.41) is 4.26. The number of imidazole rings is 1. The Hall–Kier alpha value is -3.20. The number of thiazole rings is 1. The summed E-state index contributed by atoms with van der Waals surface area (Å²) in [7, 11) is 0. The van der Waals surface area contributed by atoms with Crippen LogP contribution in [0.4, 0.5) is 23.2 Å². The smallest absolute Gasteiger partial charge is 0.326 e. The summed E-state index contributed by atoms with van der Waals surface area (Å²) in [5.74, 6) is -0.789. The molecular weight excluding hydrogens is 406 g/mol. The largest absolute Gasteiger partial charge is 0.416 e. The molecule has 0 aliphatic rings. The summed E-state index contributed by atoms with van der Waals surface area (Å²) >= 11 is 1.34. The predicted octanol–water partition coefficient (Wildman–Crippen LogP) is 5.40. The van der Waals surface area contributed by atoms with Crippen LogP contribution in [-0.2, 0) is 17.4 Å². The van der Waals surface area contributed by atoms with E-state index in [1.165, 1.54) is 35.6 Å². The van der Waals surface area contributed by atoms with Crippen molar-refractivity contribution < 1.29 is 22.4 Å². The molecule has 4 nitrogen and oxygen atoms in total. The molecule has 148 valence electrons. The Morgan fingerprint density at radius 2 is 1.90 bits per heavy atom. The van der Waals surface area contributed by atoms with Crippen molar-refractivity contribution in [3.8, 4) is 11.3 Å². The number of hydrogen-bond acceptors (Lipinski definition) is 3. The molecule has 0 radical (unpaired) electrons. The summed E-state index contributed by atoms with van der Waals surface area (Å²) in [6.45, 7) is 0. The Kier molecular flexibility index (Phi) is 4.83. The molecular formula is C20H13F4N3OS. The number of benzene rings is 2. The SMILES string of the molecule is O=C(Cc1csc2nc(-c3ccc(F)cc3)cn12)Nc1cccc(C(F)(F)F)c1. The van der Waals surface area contributed by atoms with Gasteiger partial charge in [0, 0.05) is 28.5 Å². The van der Waals surface area contributed by atoms with Crippen LogP contribution in [0.1, 0.15) is 11.3 Å². The molecule has 0 unspecified atom stereocenters. The molecule has 0 atom stereocenters. The van der Waals surface area contributed by atoms with Gasteiger partial charge in [0.05, 0.1) is 17.7 Å². The highest BCUT2D eigenvalue weighted by molar-refractivity contribution is 7.15. The summed E-state index contributed by atoms with van der Waals surface area (Å²) in [6.07, 6.45) is -2.77. The maximum Gasteiger partial charge on any atom is 0.416 e. The van der Waals surface area contributed by atoms with Gasteiger partial charge in [0.1, 0.15) is 5.82 Å². The predicted molar refractivity (Wildman–Crippen MR) is 102 cm³/mol.